The van der Waals surface area contributed by atoms with Crippen molar-refractivity contribution in [3.05, 3.63) is 80.9 Å². The minimum absolute atomic E-state index is 0.0572. The van der Waals surface area contributed by atoms with Gasteiger partial charge < -0.3 is 4.42 Å². The second-order valence-electron chi connectivity index (χ2n) is 6.76. The average Bonchev–Trinajstić information content (AvgIpc) is 3.44. The third kappa shape index (κ3) is 3.12. The van der Waals surface area contributed by atoms with Crippen molar-refractivity contribution >= 4 is 32.9 Å². The van der Waals surface area contributed by atoms with Crippen LogP contribution in [0.5, 0.6) is 0 Å². The van der Waals surface area contributed by atoms with Crippen molar-refractivity contribution in [2.24, 2.45) is 0 Å². The molecule has 0 fully saturated rings. The van der Waals surface area contributed by atoms with Crippen LogP contribution in [0.3, 0.4) is 0 Å². The summed E-state index contributed by atoms with van der Waals surface area (Å²) in [6, 6.07) is 13.9. The van der Waals surface area contributed by atoms with E-state index < -0.39 is 0 Å². The van der Waals surface area contributed by atoms with Crippen molar-refractivity contribution in [2.45, 2.75) is 20.4 Å². The molecule has 7 heteroatoms. The fourth-order valence-electron chi connectivity index (χ4n) is 3.44. The summed E-state index contributed by atoms with van der Waals surface area (Å²) in [6.45, 7) is 4.24. The molecule has 0 radical (unpaired) electrons. The normalized spacial score (nSPS) is 11.4. The number of rotatable bonds is 4. The van der Waals surface area contributed by atoms with Gasteiger partial charge in [0.05, 0.1) is 23.1 Å². The minimum Gasteiger partial charge on any atom is -0.440 e. The van der Waals surface area contributed by atoms with Crippen LogP contribution in [-0.2, 0) is 6.54 Å². The Balaban J connectivity index is 1.61. The Labute approximate surface area is 174 Å². The van der Waals surface area contributed by atoms with Crippen molar-refractivity contribution < 1.29 is 4.42 Å². The highest BCUT2D eigenvalue weighted by molar-refractivity contribution is 7.19. The van der Waals surface area contributed by atoms with Crippen LogP contribution in [0.15, 0.2) is 63.4 Å². The Morgan fingerprint density at radius 1 is 1.10 bits per heavy atom. The molecule has 0 atom stereocenters. The minimum atomic E-state index is -0.0572. The highest BCUT2D eigenvalue weighted by atomic mass is 32.1. The first-order valence-electron chi connectivity index (χ1n) is 9.16. The summed E-state index contributed by atoms with van der Waals surface area (Å²) in [4.78, 5) is 25.4. The maximum Gasteiger partial charge on any atom is 0.263 e. The van der Waals surface area contributed by atoms with E-state index in [4.69, 9.17) is 4.42 Å². The quantitative estimate of drug-likeness (QED) is 0.386. The van der Waals surface area contributed by atoms with Crippen molar-refractivity contribution in [1.29, 1.82) is 0 Å². The Kier molecular flexibility index (Phi) is 4.41. The molecule has 0 aliphatic heterocycles. The molecule has 0 amide bonds. The number of aromatic nitrogens is 3. The predicted octanol–water partition coefficient (Wildman–Crippen LogP) is 5.51. The van der Waals surface area contributed by atoms with E-state index in [0.717, 1.165) is 31.4 Å². The molecule has 0 saturated heterocycles. The second-order valence-corrected chi connectivity index (χ2v) is 8.91. The molecule has 5 aromatic rings. The van der Waals surface area contributed by atoms with E-state index in [9.17, 15) is 4.79 Å². The molecule has 29 heavy (non-hydrogen) atoms. The first-order valence-corrected chi connectivity index (χ1v) is 10.9. The van der Waals surface area contributed by atoms with Crippen molar-refractivity contribution in [3.8, 4) is 21.9 Å². The van der Waals surface area contributed by atoms with Gasteiger partial charge in [0.2, 0.25) is 5.89 Å². The van der Waals surface area contributed by atoms with Gasteiger partial charge in [-0.2, -0.15) is 0 Å². The van der Waals surface area contributed by atoms with Crippen LogP contribution in [0.4, 0.5) is 0 Å². The van der Waals surface area contributed by atoms with Crippen LogP contribution in [0.25, 0.3) is 32.1 Å². The average molecular weight is 420 g/mol. The SMILES string of the molecule is Cc1oc(-c2cccs2)nc1Cn1cnc2sc(C)c(-c3ccccc3)c2c1=O. The van der Waals surface area contributed by atoms with Crippen LogP contribution in [0.2, 0.25) is 0 Å². The molecule has 0 aliphatic carbocycles. The zero-order chi connectivity index (χ0) is 20.0. The molecule has 0 aliphatic rings. The summed E-state index contributed by atoms with van der Waals surface area (Å²) in [7, 11) is 0. The zero-order valence-corrected chi connectivity index (χ0v) is 17.5. The lowest BCUT2D eigenvalue weighted by atomic mass is 10.0. The van der Waals surface area contributed by atoms with Crippen LogP contribution in [-0.4, -0.2) is 14.5 Å². The Bertz CT molecular complexity index is 1360. The van der Waals surface area contributed by atoms with E-state index in [1.807, 2.05) is 61.7 Å². The molecule has 4 heterocycles. The van der Waals surface area contributed by atoms with Gasteiger partial charge in [-0.15, -0.1) is 22.7 Å². The van der Waals surface area contributed by atoms with Gasteiger partial charge in [0.25, 0.3) is 5.56 Å². The van der Waals surface area contributed by atoms with Gasteiger partial charge in [0, 0.05) is 10.4 Å². The number of thiophene rings is 2. The van der Waals surface area contributed by atoms with E-state index in [-0.39, 0.29) is 5.56 Å². The number of fused-ring (bicyclic) bond motifs is 1. The topological polar surface area (TPSA) is 60.9 Å². The third-order valence-electron chi connectivity index (χ3n) is 4.86. The van der Waals surface area contributed by atoms with Gasteiger partial charge in [-0.25, -0.2) is 9.97 Å². The van der Waals surface area contributed by atoms with E-state index in [2.05, 4.69) is 9.97 Å². The van der Waals surface area contributed by atoms with Crippen LogP contribution < -0.4 is 5.56 Å². The molecule has 4 aromatic heterocycles. The molecular formula is C22H17N3O2S2. The van der Waals surface area contributed by atoms with Gasteiger partial charge in [-0.1, -0.05) is 36.4 Å². The van der Waals surface area contributed by atoms with Crippen molar-refractivity contribution in [2.75, 3.05) is 0 Å². The number of aryl methyl sites for hydroxylation is 2. The van der Waals surface area contributed by atoms with Gasteiger partial charge in [-0.05, 0) is 30.9 Å². The number of nitrogens with zero attached hydrogens (tertiary/aromatic N) is 3. The Hall–Kier alpha value is -3.03. The summed E-state index contributed by atoms with van der Waals surface area (Å²) < 4.78 is 7.44. The van der Waals surface area contributed by atoms with Crippen molar-refractivity contribution in [3.63, 3.8) is 0 Å². The van der Waals surface area contributed by atoms with Gasteiger partial charge in [0.15, 0.2) is 0 Å². The summed E-state index contributed by atoms with van der Waals surface area (Å²) in [6.07, 6.45) is 1.61. The maximum atomic E-state index is 13.4. The van der Waals surface area contributed by atoms with E-state index in [0.29, 0.717) is 23.6 Å². The first kappa shape index (κ1) is 18.0. The first-order chi connectivity index (χ1) is 14.1. The van der Waals surface area contributed by atoms with Gasteiger partial charge in [0.1, 0.15) is 16.3 Å². The highest BCUT2D eigenvalue weighted by Crippen LogP contribution is 2.35. The Morgan fingerprint density at radius 3 is 2.69 bits per heavy atom. The summed E-state index contributed by atoms with van der Waals surface area (Å²) in [5.41, 5.74) is 2.68. The molecule has 1 aromatic carbocycles. The standard InChI is InChI=1S/C22H17N3O2S2/c1-13-16(24-20(27-13)17-9-6-10-28-17)11-25-12-23-21-19(22(25)26)18(14(2)29-21)15-7-4-3-5-8-15/h3-10,12H,11H2,1-2H3. The lowest BCUT2D eigenvalue weighted by Crippen LogP contribution is -2.21. The second kappa shape index (κ2) is 7.09. The van der Waals surface area contributed by atoms with Crippen LogP contribution in [0.1, 0.15) is 16.3 Å². The maximum absolute atomic E-state index is 13.4. The fourth-order valence-corrected chi connectivity index (χ4v) is 5.10. The van der Waals surface area contributed by atoms with Gasteiger partial charge >= 0.3 is 0 Å². The van der Waals surface area contributed by atoms with Crippen LogP contribution in [0, 0.1) is 13.8 Å². The molecule has 0 bridgehead atoms. The molecule has 0 saturated carbocycles. The summed E-state index contributed by atoms with van der Waals surface area (Å²) in [5.74, 6) is 1.30. The lowest BCUT2D eigenvalue weighted by Gasteiger charge is -2.05. The summed E-state index contributed by atoms with van der Waals surface area (Å²) in [5, 5.41) is 2.65. The molecular weight excluding hydrogens is 402 g/mol. The zero-order valence-electron chi connectivity index (χ0n) is 15.9. The number of benzene rings is 1. The largest absolute Gasteiger partial charge is 0.440 e. The highest BCUT2D eigenvalue weighted by Gasteiger charge is 2.18. The Morgan fingerprint density at radius 2 is 1.93 bits per heavy atom. The number of hydrogen-bond acceptors (Lipinski definition) is 6. The van der Waals surface area contributed by atoms with Crippen LogP contribution >= 0.6 is 22.7 Å². The van der Waals surface area contributed by atoms with Crippen molar-refractivity contribution in [1.82, 2.24) is 14.5 Å². The third-order valence-corrected chi connectivity index (χ3v) is 6.73. The van der Waals surface area contributed by atoms with E-state index in [1.165, 1.54) is 0 Å². The molecule has 5 rings (SSSR count). The number of oxazole rings is 1. The molecule has 0 spiro atoms. The summed E-state index contributed by atoms with van der Waals surface area (Å²) >= 11 is 3.13. The lowest BCUT2D eigenvalue weighted by molar-refractivity contribution is 0.538. The molecule has 144 valence electrons. The van der Waals surface area contributed by atoms with E-state index in [1.54, 1.807) is 33.6 Å². The number of hydrogen-bond donors (Lipinski definition) is 0. The monoisotopic (exact) mass is 419 g/mol. The predicted molar refractivity (Wildman–Crippen MR) is 118 cm³/mol. The smallest absolute Gasteiger partial charge is 0.263 e. The molecule has 5 nitrogen and oxygen atoms in total. The van der Waals surface area contributed by atoms with Gasteiger partial charge in [-0.3, -0.25) is 9.36 Å². The fraction of sp³-hybridized carbons (Fsp3) is 0.136. The van der Waals surface area contributed by atoms with E-state index >= 15 is 0 Å². The molecule has 0 unspecified atom stereocenters. The molecule has 0 N–H and O–H groups in total.